The number of pyridine rings is 1. The van der Waals surface area contributed by atoms with Gasteiger partial charge in [0.25, 0.3) is 5.91 Å². The van der Waals surface area contributed by atoms with Gasteiger partial charge < -0.3 is 24.0 Å². The molecule has 1 saturated heterocycles. The van der Waals surface area contributed by atoms with Crippen molar-refractivity contribution < 1.29 is 23.8 Å². The van der Waals surface area contributed by atoms with Crippen molar-refractivity contribution in [2.45, 2.75) is 6.92 Å². The molecule has 1 fully saturated rings. The number of benzene rings is 2. The van der Waals surface area contributed by atoms with Crippen LogP contribution in [-0.4, -0.2) is 78.5 Å². The Hall–Kier alpha value is -4.86. The van der Waals surface area contributed by atoms with Crippen LogP contribution in [0.1, 0.15) is 27.8 Å². The van der Waals surface area contributed by atoms with Crippen LogP contribution in [0.3, 0.4) is 0 Å². The molecule has 1 aliphatic rings. The zero-order valence-electron chi connectivity index (χ0n) is 22.7. The molecular weight excluding hydrogens is 510 g/mol. The fourth-order valence-electron chi connectivity index (χ4n) is 4.78. The fourth-order valence-corrected chi connectivity index (χ4v) is 4.78. The lowest BCUT2D eigenvalue weighted by atomic mass is 10.1. The third-order valence-electron chi connectivity index (χ3n) is 6.80. The second-order valence-electron chi connectivity index (χ2n) is 9.10. The highest BCUT2D eigenvalue weighted by atomic mass is 16.5. The van der Waals surface area contributed by atoms with Gasteiger partial charge in [0.1, 0.15) is 17.1 Å². The highest BCUT2D eigenvalue weighted by Gasteiger charge is 2.27. The molecule has 0 N–H and O–H groups in total. The molecule has 5 rings (SSSR count). The van der Waals surface area contributed by atoms with Crippen LogP contribution in [0.15, 0.2) is 72.9 Å². The summed E-state index contributed by atoms with van der Waals surface area (Å²) in [5.41, 5.74) is 3.32. The quantitative estimate of drug-likeness (QED) is 0.308. The van der Waals surface area contributed by atoms with Crippen LogP contribution in [0.5, 0.6) is 11.5 Å². The number of hydrogen-bond acceptors (Lipinski definition) is 8. The van der Waals surface area contributed by atoms with Crippen molar-refractivity contribution >= 4 is 17.6 Å². The molecule has 3 heterocycles. The summed E-state index contributed by atoms with van der Waals surface area (Å²) < 4.78 is 17.7. The number of methoxy groups -OCH3 is 2. The Morgan fingerprint density at radius 3 is 2.17 bits per heavy atom. The van der Waals surface area contributed by atoms with Crippen LogP contribution < -0.4 is 14.4 Å². The molecule has 0 bridgehead atoms. The van der Waals surface area contributed by atoms with Crippen molar-refractivity contribution in [3.8, 4) is 28.6 Å². The van der Waals surface area contributed by atoms with Crippen molar-refractivity contribution in [3.63, 3.8) is 0 Å². The van der Waals surface area contributed by atoms with Crippen LogP contribution in [0.2, 0.25) is 0 Å². The van der Waals surface area contributed by atoms with Crippen molar-refractivity contribution in [2.75, 3.05) is 51.9 Å². The number of carbonyl (C=O) groups is 2. The van der Waals surface area contributed by atoms with Gasteiger partial charge in [-0.15, -0.1) is 0 Å². The SMILES string of the molecule is CCOC(=O)c1cc(-c2ccc(N3CCN(C(=O)c4c(OC)cccc4OC)CC3)cc2)n(-c2ccccn2)n1. The van der Waals surface area contributed by atoms with E-state index < -0.39 is 5.97 Å². The zero-order valence-corrected chi connectivity index (χ0v) is 22.7. The largest absolute Gasteiger partial charge is 0.496 e. The average molecular weight is 542 g/mol. The molecule has 0 atom stereocenters. The number of carbonyl (C=O) groups excluding carboxylic acids is 2. The summed E-state index contributed by atoms with van der Waals surface area (Å²) in [5, 5.41) is 4.48. The Bertz CT molecular complexity index is 1460. The number of amides is 1. The van der Waals surface area contributed by atoms with Crippen LogP contribution in [-0.2, 0) is 4.74 Å². The first-order chi connectivity index (χ1) is 19.5. The number of nitrogens with zero attached hydrogens (tertiary/aromatic N) is 5. The van der Waals surface area contributed by atoms with Gasteiger partial charge in [0.2, 0.25) is 0 Å². The standard InChI is InChI=1S/C30H31N5O5/c1-4-40-30(37)23-20-24(35(32-23)27-10-5-6-15-31-27)21-11-13-22(14-12-21)33-16-18-34(19-17-33)29(36)28-25(38-2)8-7-9-26(28)39-3/h5-15,20H,4,16-19H2,1-3H3. The molecule has 40 heavy (non-hydrogen) atoms. The number of esters is 1. The van der Waals surface area contributed by atoms with Gasteiger partial charge in [-0.1, -0.05) is 24.3 Å². The number of hydrogen-bond donors (Lipinski definition) is 0. The molecule has 0 unspecified atom stereocenters. The monoisotopic (exact) mass is 541 g/mol. The van der Waals surface area contributed by atoms with Gasteiger partial charge in [-0.05, 0) is 49.4 Å². The molecule has 10 heteroatoms. The summed E-state index contributed by atoms with van der Waals surface area (Å²) in [7, 11) is 3.10. The highest BCUT2D eigenvalue weighted by Crippen LogP contribution is 2.31. The van der Waals surface area contributed by atoms with Crippen molar-refractivity contribution in [2.24, 2.45) is 0 Å². The van der Waals surface area contributed by atoms with Gasteiger partial charge >= 0.3 is 5.97 Å². The van der Waals surface area contributed by atoms with E-state index in [1.54, 1.807) is 56.3 Å². The molecule has 2 aromatic heterocycles. The van der Waals surface area contributed by atoms with E-state index in [1.165, 1.54) is 0 Å². The van der Waals surface area contributed by atoms with Crippen LogP contribution in [0.25, 0.3) is 17.1 Å². The second-order valence-corrected chi connectivity index (χ2v) is 9.10. The van der Waals surface area contributed by atoms with E-state index in [-0.39, 0.29) is 18.2 Å². The number of aromatic nitrogens is 3. The molecule has 0 aliphatic carbocycles. The summed E-state index contributed by atoms with van der Waals surface area (Å²) >= 11 is 0. The van der Waals surface area contributed by atoms with Crippen molar-refractivity contribution in [3.05, 3.63) is 84.2 Å². The lowest BCUT2D eigenvalue weighted by Crippen LogP contribution is -2.48. The number of rotatable bonds is 8. The maximum absolute atomic E-state index is 13.3. The Labute approximate surface area is 232 Å². The summed E-state index contributed by atoms with van der Waals surface area (Å²) in [4.78, 5) is 34.2. The molecule has 1 amide bonds. The molecule has 0 spiro atoms. The van der Waals surface area contributed by atoms with Gasteiger partial charge in [-0.3, -0.25) is 4.79 Å². The molecule has 10 nitrogen and oxygen atoms in total. The van der Waals surface area contributed by atoms with Crippen molar-refractivity contribution in [1.29, 1.82) is 0 Å². The highest BCUT2D eigenvalue weighted by molar-refractivity contribution is 6.00. The van der Waals surface area contributed by atoms with Crippen molar-refractivity contribution in [1.82, 2.24) is 19.7 Å². The van der Waals surface area contributed by atoms with E-state index in [0.29, 0.717) is 49.1 Å². The maximum atomic E-state index is 13.3. The second kappa shape index (κ2) is 11.9. The first-order valence-electron chi connectivity index (χ1n) is 13.1. The number of piperazine rings is 1. The lowest BCUT2D eigenvalue weighted by molar-refractivity contribution is 0.0518. The van der Waals surface area contributed by atoms with E-state index >= 15 is 0 Å². The molecule has 0 radical (unpaired) electrons. The van der Waals surface area contributed by atoms with E-state index in [0.717, 1.165) is 16.9 Å². The molecule has 2 aromatic carbocycles. The molecule has 0 saturated carbocycles. The van der Waals surface area contributed by atoms with Gasteiger partial charge in [-0.25, -0.2) is 14.5 Å². The minimum absolute atomic E-state index is 0.107. The Morgan fingerprint density at radius 2 is 1.57 bits per heavy atom. The van der Waals surface area contributed by atoms with E-state index in [9.17, 15) is 9.59 Å². The van der Waals surface area contributed by atoms with Crippen LogP contribution in [0, 0.1) is 0 Å². The smallest absolute Gasteiger partial charge is 0.358 e. The third-order valence-corrected chi connectivity index (χ3v) is 6.80. The van der Waals surface area contributed by atoms with Gasteiger partial charge in [-0.2, -0.15) is 5.10 Å². The molecule has 206 valence electrons. The fraction of sp³-hybridized carbons (Fsp3) is 0.267. The lowest BCUT2D eigenvalue weighted by Gasteiger charge is -2.36. The van der Waals surface area contributed by atoms with Gasteiger partial charge in [0.15, 0.2) is 11.5 Å². The van der Waals surface area contributed by atoms with Gasteiger partial charge in [0, 0.05) is 43.6 Å². The first-order valence-corrected chi connectivity index (χ1v) is 13.1. The van der Waals surface area contributed by atoms with Gasteiger partial charge in [0.05, 0.1) is 26.5 Å². The maximum Gasteiger partial charge on any atom is 0.358 e. The number of ether oxygens (including phenoxy) is 3. The minimum Gasteiger partial charge on any atom is -0.496 e. The topological polar surface area (TPSA) is 99.0 Å². The normalized spacial score (nSPS) is 13.2. The summed E-state index contributed by atoms with van der Waals surface area (Å²) in [6, 6.07) is 20.7. The summed E-state index contributed by atoms with van der Waals surface area (Å²) in [5.74, 6) is 1.01. The first kappa shape index (κ1) is 26.7. The Balaban J connectivity index is 1.33. The Morgan fingerprint density at radius 1 is 0.875 bits per heavy atom. The van der Waals surface area contributed by atoms with E-state index in [4.69, 9.17) is 14.2 Å². The van der Waals surface area contributed by atoms with E-state index in [1.807, 2.05) is 47.4 Å². The van der Waals surface area contributed by atoms with E-state index in [2.05, 4.69) is 15.0 Å². The molecule has 1 aliphatic heterocycles. The summed E-state index contributed by atoms with van der Waals surface area (Å²) in [6.45, 7) is 4.53. The van der Waals surface area contributed by atoms with Crippen LogP contribution in [0.4, 0.5) is 5.69 Å². The third kappa shape index (κ3) is 5.33. The zero-order chi connectivity index (χ0) is 28.1. The average Bonchev–Trinajstić information content (AvgIpc) is 3.47. The Kier molecular flexibility index (Phi) is 7.95. The molecule has 4 aromatic rings. The molecular formula is C30H31N5O5. The minimum atomic E-state index is -0.479. The predicted molar refractivity (Wildman–Crippen MR) is 150 cm³/mol. The van der Waals surface area contributed by atoms with Crippen LogP contribution >= 0.6 is 0 Å². The predicted octanol–water partition coefficient (Wildman–Crippen LogP) is 4.09. The number of anilines is 1. The summed E-state index contributed by atoms with van der Waals surface area (Å²) in [6.07, 6.45) is 1.68.